The lowest BCUT2D eigenvalue weighted by Gasteiger charge is -2.24. The van der Waals surface area contributed by atoms with E-state index in [-0.39, 0.29) is 6.61 Å². The molecular weight excluding hydrogens is 158 g/mol. The Hall–Kier alpha value is -0.870. The maximum absolute atomic E-state index is 10.5. The van der Waals surface area contributed by atoms with Crippen molar-refractivity contribution in [1.82, 2.24) is 4.90 Å². The van der Waals surface area contributed by atoms with E-state index < -0.39 is 5.97 Å². The van der Waals surface area contributed by atoms with Gasteiger partial charge in [-0.05, 0) is 6.42 Å². The molecule has 0 atom stereocenters. The topological polar surface area (TPSA) is 60.8 Å². The maximum Gasteiger partial charge on any atom is 0.332 e. The van der Waals surface area contributed by atoms with E-state index in [0.29, 0.717) is 18.7 Å². The van der Waals surface area contributed by atoms with Crippen LogP contribution in [0.2, 0.25) is 0 Å². The summed E-state index contributed by atoms with van der Waals surface area (Å²) in [7, 11) is 0. The number of β-amino-alcohol motifs (C(OH)–C–C–N with tert-alkyl or cyclic N) is 1. The number of hydrogen-bond acceptors (Lipinski definition) is 3. The highest BCUT2D eigenvalue weighted by atomic mass is 16.4. The number of rotatable bonds is 3. The first-order chi connectivity index (χ1) is 5.74. The van der Waals surface area contributed by atoms with Crippen molar-refractivity contribution in [2.24, 2.45) is 0 Å². The molecule has 0 saturated carbocycles. The third-order valence-corrected chi connectivity index (χ3v) is 1.92. The van der Waals surface area contributed by atoms with Crippen molar-refractivity contribution in [1.29, 1.82) is 0 Å². The SMILES string of the molecule is O=C(O)C1=CCCN(CCO)C1. The van der Waals surface area contributed by atoms with Gasteiger partial charge in [0.2, 0.25) is 0 Å². The molecule has 0 aromatic heterocycles. The number of aliphatic carboxylic acids is 1. The first-order valence-electron chi connectivity index (χ1n) is 3.99. The highest BCUT2D eigenvalue weighted by molar-refractivity contribution is 5.87. The molecule has 0 unspecified atom stereocenters. The highest BCUT2D eigenvalue weighted by Gasteiger charge is 2.16. The fourth-order valence-corrected chi connectivity index (χ4v) is 1.29. The van der Waals surface area contributed by atoms with Gasteiger partial charge in [-0.2, -0.15) is 0 Å². The normalized spacial score (nSPS) is 18.9. The van der Waals surface area contributed by atoms with Crippen LogP contribution in [-0.2, 0) is 4.79 Å². The summed E-state index contributed by atoms with van der Waals surface area (Å²) >= 11 is 0. The van der Waals surface area contributed by atoms with Gasteiger partial charge in [0.1, 0.15) is 0 Å². The summed E-state index contributed by atoms with van der Waals surface area (Å²) in [4.78, 5) is 12.5. The molecule has 1 heterocycles. The zero-order valence-corrected chi connectivity index (χ0v) is 6.86. The number of aliphatic hydroxyl groups is 1. The predicted octanol–water partition coefficient (Wildman–Crippen LogP) is -0.305. The number of nitrogens with zero attached hydrogens (tertiary/aromatic N) is 1. The van der Waals surface area contributed by atoms with Gasteiger partial charge in [0.05, 0.1) is 6.61 Å². The van der Waals surface area contributed by atoms with Crippen molar-refractivity contribution in [3.63, 3.8) is 0 Å². The standard InChI is InChI=1S/C8H13NO3/c10-5-4-9-3-1-2-7(6-9)8(11)12/h2,10H,1,3-6H2,(H,11,12). The first kappa shape index (κ1) is 9.22. The molecule has 4 heteroatoms. The Bertz CT molecular complexity index is 200. The van der Waals surface area contributed by atoms with Crippen LogP contribution in [-0.4, -0.2) is 47.3 Å². The molecule has 0 fully saturated rings. The van der Waals surface area contributed by atoms with Crippen LogP contribution in [0.5, 0.6) is 0 Å². The first-order valence-corrected chi connectivity index (χ1v) is 3.99. The van der Waals surface area contributed by atoms with Crippen LogP contribution in [0.25, 0.3) is 0 Å². The molecule has 1 aliphatic heterocycles. The molecule has 1 aliphatic rings. The smallest absolute Gasteiger partial charge is 0.332 e. The van der Waals surface area contributed by atoms with Gasteiger partial charge < -0.3 is 10.2 Å². The third-order valence-electron chi connectivity index (χ3n) is 1.92. The van der Waals surface area contributed by atoms with E-state index in [1.165, 1.54) is 0 Å². The van der Waals surface area contributed by atoms with E-state index in [2.05, 4.69) is 0 Å². The number of carboxylic acid groups (broad SMARTS) is 1. The van der Waals surface area contributed by atoms with Gasteiger partial charge in [0.25, 0.3) is 0 Å². The van der Waals surface area contributed by atoms with E-state index in [0.717, 1.165) is 13.0 Å². The Morgan fingerprint density at radius 1 is 1.67 bits per heavy atom. The molecule has 4 nitrogen and oxygen atoms in total. The molecule has 2 N–H and O–H groups in total. The summed E-state index contributed by atoms with van der Waals surface area (Å²) < 4.78 is 0. The molecule has 1 rings (SSSR count). The average molecular weight is 171 g/mol. The minimum Gasteiger partial charge on any atom is -0.478 e. The van der Waals surface area contributed by atoms with Crippen LogP contribution in [0, 0.1) is 0 Å². The fourth-order valence-electron chi connectivity index (χ4n) is 1.29. The monoisotopic (exact) mass is 171 g/mol. The molecule has 12 heavy (non-hydrogen) atoms. The average Bonchev–Trinajstić information content (AvgIpc) is 2.05. The van der Waals surface area contributed by atoms with Crippen molar-refractivity contribution in [3.8, 4) is 0 Å². The van der Waals surface area contributed by atoms with Crippen molar-refractivity contribution < 1.29 is 15.0 Å². The van der Waals surface area contributed by atoms with Crippen LogP contribution >= 0.6 is 0 Å². The van der Waals surface area contributed by atoms with Crippen molar-refractivity contribution in [3.05, 3.63) is 11.6 Å². The van der Waals surface area contributed by atoms with Gasteiger partial charge >= 0.3 is 5.97 Å². The Balaban J connectivity index is 2.47. The van der Waals surface area contributed by atoms with Crippen LogP contribution in [0.1, 0.15) is 6.42 Å². The van der Waals surface area contributed by atoms with E-state index in [4.69, 9.17) is 10.2 Å². The van der Waals surface area contributed by atoms with Gasteiger partial charge in [-0.1, -0.05) is 6.08 Å². The van der Waals surface area contributed by atoms with Crippen LogP contribution in [0.4, 0.5) is 0 Å². The lowest BCUT2D eigenvalue weighted by atomic mass is 10.1. The summed E-state index contributed by atoms with van der Waals surface area (Å²) in [5.74, 6) is -0.849. The highest BCUT2D eigenvalue weighted by Crippen LogP contribution is 2.08. The summed E-state index contributed by atoms with van der Waals surface area (Å²) in [5.41, 5.74) is 0.440. The summed E-state index contributed by atoms with van der Waals surface area (Å²) in [6, 6.07) is 0. The third kappa shape index (κ3) is 2.32. The zero-order valence-electron chi connectivity index (χ0n) is 6.86. The van der Waals surface area contributed by atoms with E-state index >= 15 is 0 Å². The molecular formula is C8H13NO3. The molecule has 0 amide bonds. The van der Waals surface area contributed by atoms with Gasteiger partial charge in [0, 0.05) is 25.2 Å². The molecule has 0 spiro atoms. The summed E-state index contributed by atoms with van der Waals surface area (Å²) in [6.45, 7) is 1.95. The minimum atomic E-state index is -0.849. The second kappa shape index (κ2) is 4.23. The molecule has 0 bridgehead atoms. The predicted molar refractivity (Wildman–Crippen MR) is 43.9 cm³/mol. The van der Waals surface area contributed by atoms with Crippen molar-refractivity contribution >= 4 is 5.97 Å². The lowest BCUT2D eigenvalue weighted by molar-refractivity contribution is -0.133. The minimum absolute atomic E-state index is 0.0902. The Morgan fingerprint density at radius 3 is 3.00 bits per heavy atom. The number of carbonyl (C=O) groups is 1. The molecule has 0 aliphatic carbocycles. The molecule has 0 radical (unpaired) electrons. The van der Waals surface area contributed by atoms with Gasteiger partial charge in [-0.25, -0.2) is 4.79 Å². The van der Waals surface area contributed by atoms with Gasteiger partial charge in [0.15, 0.2) is 0 Å². The second-order valence-corrected chi connectivity index (χ2v) is 2.82. The number of carboxylic acids is 1. The Labute approximate surface area is 71.1 Å². The van der Waals surface area contributed by atoms with Crippen LogP contribution < -0.4 is 0 Å². The maximum atomic E-state index is 10.5. The van der Waals surface area contributed by atoms with Gasteiger partial charge in [-0.15, -0.1) is 0 Å². The number of aliphatic hydroxyl groups excluding tert-OH is 1. The quantitative estimate of drug-likeness (QED) is 0.611. The van der Waals surface area contributed by atoms with Crippen molar-refractivity contribution in [2.75, 3.05) is 26.2 Å². The molecule has 68 valence electrons. The van der Waals surface area contributed by atoms with E-state index in [9.17, 15) is 4.79 Å². The molecule has 0 saturated heterocycles. The Kier molecular flexibility index (Phi) is 3.25. The number of hydrogen-bond donors (Lipinski definition) is 2. The van der Waals surface area contributed by atoms with Crippen LogP contribution in [0.3, 0.4) is 0 Å². The lowest BCUT2D eigenvalue weighted by Crippen LogP contribution is -2.34. The second-order valence-electron chi connectivity index (χ2n) is 2.82. The van der Waals surface area contributed by atoms with E-state index in [1.807, 2.05) is 4.90 Å². The van der Waals surface area contributed by atoms with Crippen molar-refractivity contribution in [2.45, 2.75) is 6.42 Å². The molecule has 0 aromatic carbocycles. The van der Waals surface area contributed by atoms with Crippen LogP contribution in [0.15, 0.2) is 11.6 Å². The zero-order chi connectivity index (χ0) is 8.97. The molecule has 0 aromatic rings. The summed E-state index contributed by atoms with van der Waals surface area (Å²) in [5, 5.41) is 17.3. The van der Waals surface area contributed by atoms with Gasteiger partial charge in [-0.3, -0.25) is 4.90 Å². The largest absolute Gasteiger partial charge is 0.478 e. The van der Waals surface area contributed by atoms with E-state index in [1.54, 1.807) is 6.08 Å². The Morgan fingerprint density at radius 2 is 2.42 bits per heavy atom. The fraction of sp³-hybridized carbons (Fsp3) is 0.625. The summed E-state index contributed by atoms with van der Waals surface area (Å²) in [6.07, 6.45) is 2.51.